The minimum absolute atomic E-state index is 0.226. The Balaban J connectivity index is 2.42. The maximum absolute atomic E-state index is 11.8. The van der Waals surface area contributed by atoms with Gasteiger partial charge in [0.2, 0.25) is 5.91 Å². The van der Waals surface area contributed by atoms with Gasteiger partial charge in [-0.2, -0.15) is 0 Å². The number of hydrogen-bond acceptors (Lipinski definition) is 3. The van der Waals surface area contributed by atoms with Crippen molar-refractivity contribution < 1.29 is 14.7 Å². The van der Waals surface area contributed by atoms with Gasteiger partial charge in [-0.25, -0.2) is 4.79 Å². The molecule has 0 heterocycles. The van der Waals surface area contributed by atoms with E-state index >= 15 is 0 Å². The second-order valence-electron chi connectivity index (χ2n) is 5.36. The normalized spacial score (nSPS) is 13.4. The molecule has 0 aliphatic rings. The first-order chi connectivity index (χ1) is 10.0. The molecule has 2 atom stereocenters. The highest BCUT2D eigenvalue weighted by Crippen LogP contribution is 2.07. The molecule has 1 aromatic carbocycles. The van der Waals surface area contributed by atoms with Crippen LogP contribution >= 0.6 is 0 Å². The van der Waals surface area contributed by atoms with Crippen molar-refractivity contribution in [1.29, 1.82) is 0 Å². The number of aryl methyl sites for hydroxylation is 1. The smallest absolute Gasteiger partial charge is 0.326 e. The Morgan fingerprint density at radius 1 is 1.24 bits per heavy atom. The Morgan fingerprint density at radius 3 is 2.48 bits per heavy atom. The van der Waals surface area contributed by atoms with Gasteiger partial charge in [0.25, 0.3) is 0 Å². The summed E-state index contributed by atoms with van der Waals surface area (Å²) < 4.78 is 0. The summed E-state index contributed by atoms with van der Waals surface area (Å²) in [7, 11) is 0. The molecule has 0 fully saturated rings. The van der Waals surface area contributed by atoms with E-state index in [1.165, 1.54) is 0 Å². The second kappa shape index (κ2) is 9.13. The fourth-order valence-corrected chi connectivity index (χ4v) is 1.97. The predicted octanol–water partition coefficient (Wildman–Crippen LogP) is 1.56. The van der Waals surface area contributed by atoms with Crippen molar-refractivity contribution in [3.05, 3.63) is 35.9 Å². The lowest BCUT2D eigenvalue weighted by atomic mass is 10.0. The molecule has 0 bridgehead atoms. The van der Waals surface area contributed by atoms with Gasteiger partial charge in [0, 0.05) is 6.42 Å². The van der Waals surface area contributed by atoms with Gasteiger partial charge >= 0.3 is 5.97 Å². The highest BCUT2D eigenvalue weighted by molar-refractivity contribution is 5.83. The first-order valence-corrected chi connectivity index (χ1v) is 7.29. The number of amides is 1. The molecule has 21 heavy (non-hydrogen) atoms. The number of carbonyl (C=O) groups excluding carboxylic acids is 1. The Kier molecular flexibility index (Phi) is 7.46. The molecule has 1 aromatic rings. The molecule has 0 saturated carbocycles. The lowest BCUT2D eigenvalue weighted by Crippen LogP contribution is -2.41. The zero-order valence-electron chi connectivity index (χ0n) is 12.4. The van der Waals surface area contributed by atoms with Crippen molar-refractivity contribution >= 4 is 11.9 Å². The third-order valence-corrected chi connectivity index (χ3v) is 3.46. The molecule has 0 aliphatic carbocycles. The Bertz CT molecular complexity index is 448. The van der Waals surface area contributed by atoms with E-state index in [4.69, 9.17) is 5.73 Å². The zero-order chi connectivity index (χ0) is 15.7. The van der Waals surface area contributed by atoms with Crippen molar-refractivity contribution in [2.45, 2.75) is 38.6 Å². The molecule has 4 N–H and O–H groups in total. The number of nitrogens with one attached hydrogen (secondary N) is 1. The van der Waals surface area contributed by atoms with E-state index in [0.717, 1.165) is 5.56 Å². The van der Waals surface area contributed by atoms with Crippen LogP contribution in [-0.2, 0) is 16.0 Å². The van der Waals surface area contributed by atoms with E-state index in [2.05, 4.69) is 5.32 Å². The first kappa shape index (κ1) is 17.2. The van der Waals surface area contributed by atoms with E-state index in [-0.39, 0.29) is 11.8 Å². The quantitative estimate of drug-likeness (QED) is 0.644. The molecule has 0 saturated heterocycles. The summed E-state index contributed by atoms with van der Waals surface area (Å²) in [5.41, 5.74) is 6.56. The van der Waals surface area contributed by atoms with Crippen LogP contribution in [0.15, 0.2) is 30.3 Å². The van der Waals surface area contributed by atoms with Crippen LogP contribution in [0.4, 0.5) is 0 Å². The van der Waals surface area contributed by atoms with E-state index in [1.54, 1.807) is 0 Å². The van der Waals surface area contributed by atoms with Crippen LogP contribution in [0.5, 0.6) is 0 Å². The lowest BCUT2D eigenvalue weighted by molar-refractivity contribution is -0.142. The minimum Gasteiger partial charge on any atom is -0.480 e. The Hall–Kier alpha value is -1.88. The summed E-state index contributed by atoms with van der Waals surface area (Å²) >= 11 is 0. The van der Waals surface area contributed by atoms with Gasteiger partial charge in [-0.15, -0.1) is 0 Å². The van der Waals surface area contributed by atoms with Crippen molar-refractivity contribution in [2.75, 3.05) is 6.54 Å². The SMILES string of the molecule is CC(CN)CCC(=O)NC(CCc1ccccc1)C(=O)O. The summed E-state index contributed by atoms with van der Waals surface area (Å²) in [5.74, 6) is -0.953. The van der Waals surface area contributed by atoms with Gasteiger partial charge in [0.1, 0.15) is 6.04 Å². The molecule has 1 amide bonds. The van der Waals surface area contributed by atoms with Gasteiger partial charge in [0.15, 0.2) is 0 Å². The lowest BCUT2D eigenvalue weighted by Gasteiger charge is -2.15. The number of carbonyl (C=O) groups is 2. The topological polar surface area (TPSA) is 92.4 Å². The standard InChI is InChI=1S/C16H24N2O3/c1-12(11-17)7-10-15(19)18-14(16(20)21)9-8-13-5-3-2-4-6-13/h2-6,12,14H,7-11,17H2,1H3,(H,18,19)(H,20,21). The monoisotopic (exact) mass is 292 g/mol. The van der Waals surface area contributed by atoms with E-state index in [9.17, 15) is 14.7 Å². The maximum atomic E-state index is 11.8. The third-order valence-electron chi connectivity index (χ3n) is 3.46. The number of rotatable bonds is 9. The van der Waals surface area contributed by atoms with Crippen molar-refractivity contribution in [3.63, 3.8) is 0 Å². The molecule has 0 spiro atoms. The fraction of sp³-hybridized carbons (Fsp3) is 0.500. The van der Waals surface area contributed by atoms with Crippen LogP contribution in [-0.4, -0.2) is 29.6 Å². The molecule has 116 valence electrons. The largest absolute Gasteiger partial charge is 0.480 e. The molecule has 2 unspecified atom stereocenters. The number of nitrogens with two attached hydrogens (primary N) is 1. The summed E-state index contributed by atoms with van der Waals surface area (Å²) in [6.07, 6.45) is 2.00. The molecular formula is C16H24N2O3. The molecule has 5 nitrogen and oxygen atoms in total. The molecular weight excluding hydrogens is 268 g/mol. The van der Waals surface area contributed by atoms with Crippen LogP contribution in [0.3, 0.4) is 0 Å². The van der Waals surface area contributed by atoms with Gasteiger partial charge in [-0.1, -0.05) is 37.3 Å². The van der Waals surface area contributed by atoms with Crippen molar-refractivity contribution in [3.8, 4) is 0 Å². The number of carboxylic acid groups (broad SMARTS) is 1. The van der Waals surface area contributed by atoms with Gasteiger partial charge < -0.3 is 16.2 Å². The van der Waals surface area contributed by atoms with E-state index < -0.39 is 12.0 Å². The third kappa shape index (κ3) is 6.90. The molecule has 0 aromatic heterocycles. The van der Waals surface area contributed by atoms with Crippen molar-refractivity contribution in [1.82, 2.24) is 5.32 Å². The molecule has 1 rings (SSSR count). The fourth-order valence-electron chi connectivity index (χ4n) is 1.97. The summed E-state index contributed by atoms with van der Waals surface area (Å²) in [5, 5.41) is 11.8. The van der Waals surface area contributed by atoms with Crippen LogP contribution in [0, 0.1) is 5.92 Å². The van der Waals surface area contributed by atoms with Crippen LogP contribution in [0.2, 0.25) is 0 Å². The molecule has 5 heteroatoms. The van der Waals surface area contributed by atoms with E-state index in [1.807, 2.05) is 37.3 Å². The van der Waals surface area contributed by atoms with Crippen molar-refractivity contribution in [2.24, 2.45) is 11.7 Å². The average Bonchev–Trinajstić information content (AvgIpc) is 2.49. The van der Waals surface area contributed by atoms with Crippen LogP contribution < -0.4 is 11.1 Å². The van der Waals surface area contributed by atoms with E-state index in [0.29, 0.717) is 32.2 Å². The van der Waals surface area contributed by atoms with Crippen LogP contribution in [0.25, 0.3) is 0 Å². The first-order valence-electron chi connectivity index (χ1n) is 7.29. The summed E-state index contributed by atoms with van der Waals surface area (Å²) in [6, 6.07) is 8.80. The van der Waals surface area contributed by atoms with Gasteiger partial charge in [0.05, 0.1) is 0 Å². The molecule has 0 aliphatic heterocycles. The number of hydrogen-bond donors (Lipinski definition) is 3. The Labute approximate surface area is 125 Å². The van der Waals surface area contributed by atoms with Gasteiger partial charge in [-0.3, -0.25) is 4.79 Å². The van der Waals surface area contributed by atoms with Crippen LogP contribution in [0.1, 0.15) is 31.7 Å². The van der Waals surface area contributed by atoms with Gasteiger partial charge in [-0.05, 0) is 37.3 Å². The number of aliphatic carboxylic acids is 1. The maximum Gasteiger partial charge on any atom is 0.326 e. The zero-order valence-corrected chi connectivity index (χ0v) is 12.4. The minimum atomic E-state index is -0.994. The highest BCUT2D eigenvalue weighted by Gasteiger charge is 2.19. The predicted molar refractivity (Wildman–Crippen MR) is 81.8 cm³/mol. The number of carboxylic acids is 1. The average molecular weight is 292 g/mol. The Morgan fingerprint density at radius 2 is 1.90 bits per heavy atom. The summed E-state index contributed by atoms with van der Waals surface area (Å²) in [6.45, 7) is 2.50. The number of benzene rings is 1. The highest BCUT2D eigenvalue weighted by atomic mass is 16.4. The molecule has 0 radical (unpaired) electrons. The summed E-state index contributed by atoms with van der Waals surface area (Å²) in [4.78, 5) is 23.0. The second-order valence-corrected chi connectivity index (χ2v) is 5.36.